The Bertz CT molecular complexity index is 3240. The van der Waals surface area contributed by atoms with E-state index in [9.17, 15) is 0 Å². The van der Waals surface area contributed by atoms with Gasteiger partial charge in [0.1, 0.15) is 22.3 Å². The van der Waals surface area contributed by atoms with Gasteiger partial charge < -0.3 is 8.83 Å². The minimum Gasteiger partial charge on any atom is -0.456 e. The number of hydrogen-bond donors (Lipinski definition) is 0. The Kier molecular flexibility index (Phi) is 7.42. The molecule has 262 valence electrons. The van der Waals surface area contributed by atoms with Crippen molar-refractivity contribution in [1.82, 2.24) is 15.0 Å². The molecule has 0 atom stereocenters. The zero-order valence-electron chi connectivity index (χ0n) is 30.1. The Labute approximate surface area is 322 Å². The minimum atomic E-state index is 0.578. The van der Waals surface area contributed by atoms with Crippen LogP contribution in [0.4, 0.5) is 0 Å². The summed E-state index contributed by atoms with van der Waals surface area (Å²) in [5.41, 5.74) is 12.7. The van der Waals surface area contributed by atoms with Crippen molar-refractivity contribution in [1.29, 1.82) is 0 Å². The summed E-state index contributed by atoms with van der Waals surface area (Å²) >= 11 is 0. The molecule has 3 aromatic heterocycles. The van der Waals surface area contributed by atoms with E-state index in [0.717, 1.165) is 93.9 Å². The Balaban J connectivity index is 1.02. The van der Waals surface area contributed by atoms with Crippen molar-refractivity contribution in [2.24, 2.45) is 0 Å². The lowest BCUT2D eigenvalue weighted by molar-refractivity contribution is 0.669. The molecule has 5 nitrogen and oxygen atoms in total. The number of rotatable bonds is 6. The molecule has 11 rings (SSSR count). The van der Waals surface area contributed by atoms with E-state index < -0.39 is 0 Å². The van der Waals surface area contributed by atoms with Crippen LogP contribution in [0.5, 0.6) is 0 Å². The molecule has 0 aliphatic carbocycles. The summed E-state index contributed by atoms with van der Waals surface area (Å²) in [7, 11) is 0. The van der Waals surface area contributed by atoms with E-state index in [4.69, 9.17) is 23.8 Å². The molecule has 0 aliphatic heterocycles. The zero-order chi connectivity index (χ0) is 37.0. The predicted octanol–water partition coefficient (Wildman–Crippen LogP) is 13.7. The molecule has 5 heteroatoms. The summed E-state index contributed by atoms with van der Waals surface area (Å²) in [6.45, 7) is 0. The first-order valence-electron chi connectivity index (χ1n) is 18.7. The largest absolute Gasteiger partial charge is 0.456 e. The van der Waals surface area contributed by atoms with E-state index in [2.05, 4.69) is 127 Å². The van der Waals surface area contributed by atoms with Crippen LogP contribution in [0.15, 0.2) is 197 Å². The Morgan fingerprint density at radius 3 is 1.57 bits per heavy atom. The monoisotopic (exact) mass is 717 g/mol. The van der Waals surface area contributed by atoms with E-state index in [1.165, 1.54) is 0 Å². The third-order valence-electron chi connectivity index (χ3n) is 10.5. The second kappa shape index (κ2) is 13.0. The maximum atomic E-state index is 6.51. The fourth-order valence-electron chi connectivity index (χ4n) is 7.78. The molecule has 0 N–H and O–H groups in total. The Morgan fingerprint density at radius 1 is 0.268 bits per heavy atom. The normalized spacial score (nSPS) is 11.6. The number of fused-ring (bicyclic) bond motifs is 6. The van der Waals surface area contributed by atoms with Crippen LogP contribution in [0.25, 0.3) is 111 Å². The average molecular weight is 718 g/mol. The lowest BCUT2D eigenvalue weighted by Crippen LogP contribution is -2.00. The van der Waals surface area contributed by atoms with E-state index in [1.54, 1.807) is 0 Å². The number of para-hydroxylation sites is 1. The van der Waals surface area contributed by atoms with Crippen LogP contribution in [-0.2, 0) is 0 Å². The van der Waals surface area contributed by atoms with Gasteiger partial charge >= 0.3 is 0 Å². The fraction of sp³-hybridized carbons (Fsp3) is 0. The first-order valence-corrected chi connectivity index (χ1v) is 18.7. The maximum Gasteiger partial charge on any atom is 0.164 e. The second-order valence-corrected chi connectivity index (χ2v) is 14.0. The molecule has 11 aromatic rings. The number of nitrogens with zero attached hydrogens (tertiary/aromatic N) is 3. The van der Waals surface area contributed by atoms with Gasteiger partial charge in [0.25, 0.3) is 0 Å². The lowest BCUT2D eigenvalue weighted by atomic mass is 9.94. The van der Waals surface area contributed by atoms with Gasteiger partial charge in [-0.25, -0.2) is 15.0 Å². The molecule has 0 saturated carbocycles. The van der Waals surface area contributed by atoms with Crippen LogP contribution in [0, 0.1) is 0 Å². The van der Waals surface area contributed by atoms with Gasteiger partial charge in [-0.3, -0.25) is 0 Å². The van der Waals surface area contributed by atoms with Crippen molar-refractivity contribution < 1.29 is 8.83 Å². The highest BCUT2D eigenvalue weighted by Crippen LogP contribution is 2.41. The van der Waals surface area contributed by atoms with Gasteiger partial charge in [0.05, 0.1) is 0 Å². The van der Waals surface area contributed by atoms with Gasteiger partial charge in [-0.05, 0) is 81.9 Å². The Hall–Kier alpha value is -7.63. The van der Waals surface area contributed by atoms with Gasteiger partial charge in [0.15, 0.2) is 17.5 Å². The lowest BCUT2D eigenvalue weighted by Gasteiger charge is -2.10. The van der Waals surface area contributed by atoms with Crippen LogP contribution in [0.2, 0.25) is 0 Å². The van der Waals surface area contributed by atoms with E-state index >= 15 is 0 Å². The van der Waals surface area contributed by atoms with Crippen molar-refractivity contribution >= 4 is 43.9 Å². The standard InChI is InChI=1S/C51H31N3O2/c1-4-13-32(14-5-1)35-19-12-20-37(27-35)50-52-49(34-17-8-3-9-18-34)53-51(54-50)38-23-25-40-43-28-36(24-26-45(43)55-46(40)30-38)39-29-42(33-15-6-2-7-16-33)48-41-21-10-11-22-44(41)56-47(48)31-39/h1-31H. The number of benzene rings is 8. The van der Waals surface area contributed by atoms with Crippen LogP contribution in [0.3, 0.4) is 0 Å². The highest BCUT2D eigenvalue weighted by Gasteiger charge is 2.18. The third kappa shape index (κ3) is 5.53. The van der Waals surface area contributed by atoms with Crippen molar-refractivity contribution in [3.05, 3.63) is 188 Å². The molecular formula is C51H31N3O2. The first-order chi connectivity index (χ1) is 27.7. The van der Waals surface area contributed by atoms with Crippen molar-refractivity contribution in [2.45, 2.75) is 0 Å². The van der Waals surface area contributed by atoms with Gasteiger partial charge in [-0.2, -0.15) is 0 Å². The minimum absolute atomic E-state index is 0.578. The number of hydrogen-bond acceptors (Lipinski definition) is 5. The van der Waals surface area contributed by atoms with Crippen LogP contribution in [0.1, 0.15) is 0 Å². The molecule has 8 aromatic carbocycles. The van der Waals surface area contributed by atoms with Crippen LogP contribution in [-0.4, -0.2) is 15.0 Å². The van der Waals surface area contributed by atoms with Gasteiger partial charge in [0.2, 0.25) is 0 Å². The first kappa shape index (κ1) is 31.9. The highest BCUT2D eigenvalue weighted by atomic mass is 16.3. The summed E-state index contributed by atoms with van der Waals surface area (Å²) in [6.07, 6.45) is 0. The van der Waals surface area contributed by atoms with E-state index in [-0.39, 0.29) is 0 Å². The topological polar surface area (TPSA) is 65.0 Å². The van der Waals surface area contributed by atoms with Crippen molar-refractivity contribution in [3.63, 3.8) is 0 Å². The molecule has 0 amide bonds. The molecule has 0 bridgehead atoms. The SMILES string of the molecule is c1ccc(-c2cccc(-c3nc(-c4ccccc4)nc(-c4ccc5c(c4)oc4ccc(-c6cc(-c7ccccc7)c7c(c6)oc6ccccc67)cc45)n3)c2)cc1. The zero-order valence-corrected chi connectivity index (χ0v) is 30.1. The predicted molar refractivity (Wildman–Crippen MR) is 227 cm³/mol. The molecule has 0 aliphatic rings. The van der Waals surface area contributed by atoms with E-state index in [1.807, 2.05) is 60.7 Å². The van der Waals surface area contributed by atoms with Gasteiger partial charge in [-0.1, -0.05) is 140 Å². The summed E-state index contributed by atoms with van der Waals surface area (Å²) in [4.78, 5) is 15.0. The molecule has 0 saturated heterocycles. The van der Waals surface area contributed by atoms with Crippen molar-refractivity contribution in [3.8, 4) is 67.5 Å². The fourth-order valence-corrected chi connectivity index (χ4v) is 7.78. The average Bonchev–Trinajstić information content (AvgIpc) is 3.84. The molecule has 0 fully saturated rings. The smallest absolute Gasteiger partial charge is 0.164 e. The molecule has 0 spiro atoms. The van der Waals surface area contributed by atoms with Gasteiger partial charge in [-0.15, -0.1) is 0 Å². The quantitative estimate of drug-likeness (QED) is 0.171. The second-order valence-electron chi connectivity index (χ2n) is 14.0. The van der Waals surface area contributed by atoms with Crippen LogP contribution < -0.4 is 0 Å². The summed E-state index contributed by atoms with van der Waals surface area (Å²) in [5.74, 6) is 1.80. The highest BCUT2D eigenvalue weighted by molar-refractivity contribution is 6.14. The van der Waals surface area contributed by atoms with Crippen molar-refractivity contribution in [2.75, 3.05) is 0 Å². The molecule has 0 radical (unpaired) electrons. The Morgan fingerprint density at radius 2 is 0.804 bits per heavy atom. The molecule has 56 heavy (non-hydrogen) atoms. The molecule has 3 heterocycles. The summed E-state index contributed by atoms with van der Waals surface area (Å²) < 4.78 is 13.0. The van der Waals surface area contributed by atoms with Gasteiger partial charge in [0, 0.05) is 38.2 Å². The summed E-state index contributed by atoms with van der Waals surface area (Å²) in [6, 6.07) is 64.6. The summed E-state index contributed by atoms with van der Waals surface area (Å²) in [5, 5.41) is 4.29. The molecule has 0 unspecified atom stereocenters. The number of furan rings is 2. The van der Waals surface area contributed by atoms with E-state index in [0.29, 0.717) is 17.5 Å². The molecular weight excluding hydrogens is 687 g/mol. The maximum absolute atomic E-state index is 6.51. The third-order valence-corrected chi connectivity index (χ3v) is 10.5. The number of aromatic nitrogens is 3. The van der Waals surface area contributed by atoms with Crippen LogP contribution >= 0.6 is 0 Å².